The summed E-state index contributed by atoms with van der Waals surface area (Å²) in [4.78, 5) is 41.5. The molecule has 2 unspecified atom stereocenters. The Hall–Kier alpha value is -3.45. The smallest absolute Gasteiger partial charge is 0.348 e. The van der Waals surface area contributed by atoms with Gasteiger partial charge in [0, 0.05) is 0 Å². The molecule has 37 heavy (non-hydrogen) atoms. The molecule has 0 fully saturated rings. The molecule has 0 bridgehead atoms. The first-order valence-electron chi connectivity index (χ1n) is 12.4. The summed E-state index contributed by atoms with van der Waals surface area (Å²) in [6, 6.07) is 15.9. The fraction of sp³-hybridized carbons (Fsp3) is 0.433. The maximum atomic E-state index is 13.9. The zero-order chi connectivity index (χ0) is 27.6. The fourth-order valence-electron chi connectivity index (χ4n) is 4.10. The van der Waals surface area contributed by atoms with Crippen molar-refractivity contribution in [3.63, 3.8) is 0 Å². The van der Waals surface area contributed by atoms with Crippen molar-refractivity contribution in [2.24, 2.45) is 0 Å². The van der Waals surface area contributed by atoms with Gasteiger partial charge < -0.3 is 18.9 Å². The lowest BCUT2D eigenvalue weighted by Gasteiger charge is -2.31. The van der Waals surface area contributed by atoms with E-state index in [2.05, 4.69) is 0 Å². The van der Waals surface area contributed by atoms with E-state index in [1.165, 1.54) is 0 Å². The number of carbonyl (C=O) groups is 3. The first kappa shape index (κ1) is 28.1. The van der Waals surface area contributed by atoms with Crippen LogP contribution in [0.1, 0.15) is 71.3 Å². The van der Waals surface area contributed by atoms with Gasteiger partial charge in [0.2, 0.25) is 5.60 Å². The van der Waals surface area contributed by atoms with Crippen molar-refractivity contribution in [1.29, 1.82) is 0 Å². The van der Waals surface area contributed by atoms with Crippen LogP contribution in [0.4, 0.5) is 0 Å². The van der Waals surface area contributed by atoms with Crippen LogP contribution in [0, 0.1) is 6.92 Å². The number of rotatable bonds is 6. The van der Waals surface area contributed by atoms with Crippen molar-refractivity contribution >= 4 is 17.9 Å². The van der Waals surface area contributed by atoms with Crippen LogP contribution in [0.2, 0.25) is 0 Å². The Labute approximate surface area is 218 Å². The predicted octanol–water partition coefficient (Wildman–Crippen LogP) is 5.50. The van der Waals surface area contributed by atoms with Gasteiger partial charge in [0.1, 0.15) is 17.3 Å². The lowest BCUT2D eigenvalue weighted by molar-refractivity contribution is -0.175. The molecule has 0 radical (unpaired) electrons. The first-order chi connectivity index (χ1) is 17.2. The molecule has 198 valence electrons. The minimum absolute atomic E-state index is 0.0370. The summed E-state index contributed by atoms with van der Waals surface area (Å²) in [7, 11) is 0. The van der Waals surface area contributed by atoms with Crippen molar-refractivity contribution < 1.29 is 33.3 Å². The zero-order valence-corrected chi connectivity index (χ0v) is 22.8. The minimum Gasteiger partial charge on any atom is -0.463 e. The average molecular weight is 509 g/mol. The van der Waals surface area contributed by atoms with Gasteiger partial charge in [-0.3, -0.25) is 0 Å². The summed E-state index contributed by atoms with van der Waals surface area (Å²) in [5, 5.41) is 0. The average Bonchev–Trinajstić information content (AvgIpc) is 3.16. The van der Waals surface area contributed by atoms with E-state index in [4.69, 9.17) is 18.9 Å². The normalized spacial score (nSPS) is 19.9. The summed E-state index contributed by atoms with van der Waals surface area (Å²) >= 11 is 0. The second kappa shape index (κ2) is 10.5. The SMILES string of the molecule is CCOC(=O)C1(c2ccccc2)OC(c2ccc(C)cc2)C(C(=O)OC(C)(C)C)=C1C(=O)OC(C)(C)C. The van der Waals surface area contributed by atoms with Crippen LogP contribution in [0.25, 0.3) is 0 Å². The highest BCUT2D eigenvalue weighted by Gasteiger charge is 2.60. The Morgan fingerprint density at radius 2 is 1.38 bits per heavy atom. The molecular formula is C30H36O7. The van der Waals surface area contributed by atoms with E-state index in [1.54, 1.807) is 90.9 Å². The molecule has 3 rings (SSSR count). The van der Waals surface area contributed by atoms with Crippen LogP contribution in [-0.4, -0.2) is 35.7 Å². The van der Waals surface area contributed by atoms with Crippen molar-refractivity contribution in [2.45, 2.75) is 78.3 Å². The molecule has 0 amide bonds. The van der Waals surface area contributed by atoms with Gasteiger partial charge in [0.25, 0.3) is 0 Å². The third-order valence-corrected chi connectivity index (χ3v) is 5.52. The summed E-state index contributed by atoms with van der Waals surface area (Å²) < 4.78 is 23.5. The molecule has 0 saturated heterocycles. The molecule has 2 aromatic rings. The van der Waals surface area contributed by atoms with Crippen LogP contribution in [0.3, 0.4) is 0 Å². The van der Waals surface area contributed by atoms with Crippen molar-refractivity contribution in [2.75, 3.05) is 6.61 Å². The summed E-state index contributed by atoms with van der Waals surface area (Å²) in [6.07, 6.45) is -1.09. The number of benzene rings is 2. The zero-order valence-electron chi connectivity index (χ0n) is 22.8. The highest BCUT2D eigenvalue weighted by Crippen LogP contribution is 2.52. The standard InChI is InChI=1S/C30H36O7/c1-9-34-27(33)30(21-13-11-10-12-14-21)23(26(32)37-29(6,7)8)22(25(31)36-28(3,4)5)24(35-30)20-17-15-19(2)16-18-20/h10-18,24H,9H2,1-8H3. The molecule has 0 spiro atoms. The Balaban J connectivity index is 2.42. The van der Waals surface area contributed by atoms with Gasteiger partial charge in [-0.1, -0.05) is 60.2 Å². The number of hydrogen-bond acceptors (Lipinski definition) is 7. The minimum atomic E-state index is -2.05. The highest BCUT2D eigenvalue weighted by molar-refractivity contribution is 6.09. The van der Waals surface area contributed by atoms with Crippen LogP contribution in [0.15, 0.2) is 65.7 Å². The van der Waals surface area contributed by atoms with Crippen molar-refractivity contribution in [1.82, 2.24) is 0 Å². The van der Waals surface area contributed by atoms with Gasteiger partial charge in [-0.2, -0.15) is 0 Å². The summed E-state index contributed by atoms with van der Waals surface area (Å²) in [6.45, 7) is 13.9. The third kappa shape index (κ3) is 6.10. The summed E-state index contributed by atoms with van der Waals surface area (Å²) in [5.41, 5.74) is -2.26. The lowest BCUT2D eigenvalue weighted by Crippen LogP contribution is -2.43. The molecule has 0 N–H and O–H groups in total. The summed E-state index contributed by atoms with van der Waals surface area (Å²) in [5.74, 6) is -2.46. The second-order valence-corrected chi connectivity index (χ2v) is 11.0. The van der Waals surface area contributed by atoms with E-state index in [9.17, 15) is 14.4 Å². The molecular weight excluding hydrogens is 472 g/mol. The molecule has 2 atom stereocenters. The second-order valence-electron chi connectivity index (χ2n) is 11.0. The third-order valence-electron chi connectivity index (χ3n) is 5.52. The van der Waals surface area contributed by atoms with Gasteiger partial charge in [0.15, 0.2) is 0 Å². The van der Waals surface area contributed by atoms with E-state index in [-0.39, 0.29) is 17.8 Å². The van der Waals surface area contributed by atoms with Crippen LogP contribution >= 0.6 is 0 Å². The van der Waals surface area contributed by atoms with Crippen LogP contribution < -0.4 is 0 Å². The van der Waals surface area contributed by atoms with Gasteiger partial charge in [0.05, 0.1) is 17.8 Å². The Morgan fingerprint density at radius 1 is 0.838 bits per heavy atom. The van der Waals surface area contributed by atoms with Gasteiger partial charge in [-0.05, 0) is 66.5 Å². The number of carbonyl (C=O) groups excluding carboxylic acids is 3. The van der Waals surface area contributed by atoms with Gasteiger partial charge in [-0.15, -0.1) is 0 Å². The van der Waals surface area contributed by atoms with Gasteiger partial charge in [-0.25, -0.2) is 14.4 Å². The van der Waals surface area contributed by atoms with Crippen molar-refractivity contribution in [3.8, 4) is 0 Å². The molecule has 0 aromatic heterocycles. The van der Waals surface area contributed by atoms with Crippen LogP contribution in [0.5, 0.6) is 0 Å². The molecule has 7 heteroatoms. The van der Waals surface area contributed by atoms with E-state index >= 15 is 0 Å². The molecule has 1 aliphatic rings. The van der Waals surface area contributed by atoms with Crippen molar-refractivity contribution in [3.05, 3.63) is 82.4 Å². The largest absolute Gasteiger partial charge is 0.463 e. The maximum absolute atomic E-state index is 13.9. The molecule has 2 aromatic carbocycles. The quantitative estimate of drug-likeness (QED) is 0.376. The molecule has 7 nitrogen and oxygen atoms in total. The highest BCUT2D eigenvalue weighted by atomic mass is 16.6. The number of ether oxygens (including phenoxy) is 4. The number of aryl methyl sites for hydroxylation is 1. The van der Waals surface area contributed by atoms with E-state index in [1.807, 2.05) is 19.1 Å². The molecule has 1 aliphatic heterocycles. The van der Waals surface area contributed by atoms with Crippen LogP contribution in [-0.2, 0) is 38.9 Å². The topological polar surface area (TPSA) is 88.1 Å². The van der Waals surface area contributed by atoms with Gasteiger partial charge >= 0.3 is 17.9 Å². The molecule has 0 aliphatic carbocycles. The Kier molecular flexibility index (Phi) is 7.98. The number of hydrogen-bond donors (Lipinski definition) is 0. The monoisotopic (exact) mass is 508 g/mol. The van der Waals surface area contributed by atoms with E-state index < -0.39 is 40.8 Å². The predicted molar refractivity (Wildman–Crippen MR) is 138 cm³/mol. The lowest BCUT2D eigenvalue weighted by atomic mass is 9.84. The Bertz CT molecular complexity index is 1180. The molecule has 0 saturated carbocycles. The van der Waals surface area contributed by atoms with E-state index in [0.717, 1.165) is 5.56 Å². The Morgan fingerprint density at radius 3 is 1.89 bits per heavy atom. The first-order valence-corrected chi connectivity index (χ1v) is 12.4. The number of esters is 3. The fourth-order valence-corrected chi connectivity index (χ4v) is 4.10. The van der Waals surface area contributed by atoms with E-state index in [0.29, 0.717) is 11.1 Å². The molecule has 1 heterocycles. The maximum Gasteiger partial charge on any atom is 0.348 e.